The fourth-order valence-electron chi connectivity index (χ4n) is 2.32. The van der Waals surface area contributed by atoms with Gasteiger partial charge in [-0.3, -0.25) is 0 Å². The summed E-state index contributed by atoms with van der Waals surface area (Å²) < 4.78 is 6.78. The summed E-state index contributed by atoms with van der Waals surface area (Å²) >= 11 is 3.53. The standard InChI is InChI=1S/C17H20BrNO/c1-4-20-16-8-6-5-7-14(16)11-19-17-12(2)9-15(18)10-13(17)3/h5-10,19H,4,11H2,1-3H3. The lowest BCUT2D eigenvalue weighted by molar-refractivity contribution is 0.337. The molecule has 0 saturated heterocycles. The van der Waals surface area contributed by atoms with Gasteiger partial charge < -0.3 is 10.1 Å². The van der Waals surface area contributed by atoms with Crippen molar-refractivity contribution in [1.82, 2.24) is 0 Å². The molecule has 0 heterocycles. The number of ether oxygens (including phenoxy) is 1. The van der Waals surface area contributed by atoms with E-state index < -0.39 is 0 Å². The van der Waals surface area contributed by atoms with Crippen molar-refractivity contribution in [2.24, 2.45) is 0 Å². The van der Waals surface area contributed by atoms with Crippen molar-refractivity contribution in [3.63, 3.8) is 0 Å². The highest BCUT2D eigenvalue weighted by molar-refractivity contribution is 9.10. The fraction of sp³-hybridized carbons (Fsp3) is 0.294. The summed E-state index contributed by atoms with van der Waals surface area (Å²) in [4.78, 5) is 0. The first-order valence-corrected chi connectivity index (χ1v) is 7.62. The van der Waals surface area contributed by atoms with Crippen LogP contribution in [0.1, 0.15) is 23.6 Å². The largest absolute Gasteiger partial charge is 0.494 e. The van der Waals surface area contributed by atoms with Crippen LogP contribution >= 0.6 is 15.9 Å². The molecular formula is C17H20BrNO. The topological polar surface area (TPSA) is 21.3 Å². The van der Waals surface area contributed by atoms with Gasteiger partial charge in [0.15, 0.2) is 0 Å². The van der Waals surface area contributed by atoms with Crippen LogP contribution in [-0.2, 0) is 6.54 Å². The molecule has 2 aromatic rings. The Morgan fingerprint density at radius 3 is 2.40 bits per heavy atom. The van der Waals surface area contributed by atoms with Gasteiger partial charge in [-0.2, -0.15) is 0 Å². The second-order valence-electron chi connectivity index (χ2n) is 4.81. The number of benzene rings is 2. The van der Waals surface area contributed by atoms with Gasteiger partial charge in [0, 0.05) is 22.3 Å². The molecule has 0 unspecified atom stereocenters. The molecule has 0 aromatic heterocycles. The molecule has 0 spiro atoms. The lowest BCUT2D eigenvalue weighted by Gasteiger charge is -2.15. The smallest absolute Gasteiger partial charge is 0.124 e. The highest BCUT2D eigenvalue weighted by Gasteiger charge is 2.06. The number of nitrogens with one attached hydrogen (secondary N) is 1. The summed E-state index contributed by atoms with van der Waals surface area (Å²) in [6.45, 7) is 7.70. The zero-order valence-corrected chi connectivity index (χ0v) is 13.8. The molecule has 0 radical (unpaired) electrons. The van der Waals surface area contributed by atoms with Gasteiger partial charge in [-0.15, -0.1) is 0 Å². The average molecular weight is 334 g/mol. The van der Waals surface area contributed by atoms with Gasteiger partial charge in [0.25, 0.3) is 0 Å². The Kier molecular flexibility index (Phi) is 5.07. The predicted octanol–water partition coefficient (Wildman–Crippen LogP) is 5.08. The first kappa shape index (κ1) is 14.9. The van der Waals surface area contributed by atoms with E-state index in [1.165, 1.54) is 22.4 Å². The molecule has 0 aliphatic rings. The Labute approximate surface area is 129 Å². The van der Waals surface area contributed by atoms with Crippen molar-refractivity contribution in [2.75, 3.05) is 11.9 Å². The van der Waals surface area contributed by atoms with Gasteiger partial charge in [-0.1, -0.05) is 34.1 Å². The Balaban J connectivity index is 2.17. The van der Waals surface area contributed by atoms with Crippen LogP contribution in [0, 0.1) is 13.8 Å². The van der Waals surface area contributed by atoms with Gasteiger partial charge in [-0.25, -0.2) is 0 Å². The quantitative estimate of drug-likeness (QED) is 0.824. The monoisotopic (exact) mass is 333 g/mol. The van der Waals surface area contributed by atoms with Gasteiger partial charge in [0.05, 0.1) is 6.61 Å². The Bertz CT molecular complexity index is 572. The molecule has 2 rings (SSSR count). The van der Waals surface area contributed by atoms with E-state index in [2.05, 4.69) is 53.3 Å². The number of para-hydroxylation sites is 1. The van der Waals surface area contributed by atoms with Crippen molar-refractivity contribution in [3.05, 3.63) is 57.6 Å². The van der Waals surface area contributed by atoms with Crippen molar-refractivity contribution in [2.45, 2.75) is 27.3 Å². The minimum absolute atomic E-state index is 0.688. The predicted molar refractivity (Wildman–Crippen MR) is 88.6 cm³/mol. The molecule has 106 valence electrons. The molecule has 0 aliphatic carbocycles. The first-order chi connectivity index (χ1) is 9.61. The van der Waals surface area contributed by atoms with E-state index in [9.17, 15) is 0 Å². The molecule has 0 fully saturated rings. The summed E-state index contributed by atoms with van der Waals surface area (Å²) in [5.74, 6) is 0.954. The number of halogens is 1. The molecule has 3 heteroatoms. The SMILES string of the molecule is CCOc1ccccc1CNc1c(C)cc(Br)cc1C. The van der Waals surface area contributed by atoms with Crippen LogP contribution < -0.4 is 10.1 Å². The zero-order chi connectivity index (χ0) is 14.5. The number of aryl methyl sites for hydroxylation is 2. The van der Waals surface area contributed by atoms with E-state index in [1.54, 1.807) is 0 Å². The van der Waals surface area contributed by atoms with Gasteiger partial charge >= 0.3 is 0 Å². The maximum absolute atomic E-state index is 5.66. The number of hydrogen-bond donors (Lipinski definition) is 1. The zero-order valence-electron chi connectivity index (χ0n) is 12.2. The molecule has 2 nitrogen and oxygen atoms in total. The molecular weight excluding hydrogens is 314 g/mol. The van der Waals surface area contributed by atoms with E-state index in [0.29, 0.717) is 6.61 Å². The summed E-state index contributed by atoms with van der Waals surface area (Å²) in [7, 11) is 0. The van der Waals surface area contributed by atoms with Crippen LogP contribution in [0.4, 0.5) is 5.69 Å². The normalized spacial score (nSPS) is 10.4. The lowest BCUT2D eigenvalue weighted by atomic mass is 10.1. The maximum atomic E-state index is 5.66. The minimum atomic E-state index is 0.688. The Morgan fingerprint density at radius 1 is 1.10 bits per heavy atom. The van der Waals surface area contributed by atoms with E-state index in [0.717, 1.165) is 16.8 Å². The number of hydrogen-bond acceptors (Lipinski definition) is 2. The molecule has 0 aliphatic heterocycles. The third-order valence-corrected chi connectivity index (χ3v) is 3.68. The summed E-state index contributed by atoms with van der Waals surface area (Å²) in [5, 5.41) is 3.52. The summed E-state index contributed by atoms with van der Waals surface area (Å²) in [6, 6.07) is 12.4. The molecule has 0 amide bonds. The number of anilines is 1. The van der Waals surface area contributed by atoms with Crippen LogP contribution in [-0.4, -0.2) is 6.61 Å². The molecule has 0 bridgehead atoms. The Hall–Kier alpha value is -1.48. The minimum Gasteiger partial charge on any atom is -0.494 e. The fourth-order valence-corrected chi connectivity index (χ4v) is 3.01. The molecule has 2 aromatic carbocycles. The van der Waals surface area contributed by atoms with Crippen molar-refractivity contribution >= 4 is 21.6 Å². The lowest BCUT2D eigenvalue weighted by Crippen LogP contribution is -2.05. The molecule has 0 atom stereocenters. The summed E-state index contributed by atoms with van der Waals surface area (Å²) in [6.07, 6.45) is 0. The number of rotatable bonds is 5. The van der Waals surface area contributed by atoms with E-state index in [-0.39, 0.29) is 0 Å². The second kappa shape index (κ2) is 6.80. The van der Waals surface area contributed by atoms with Crippen molar-refractivity contribution in [1.29, 1.82) is 0 Å². The van der Waals surface area contributed by atoms with Crippen LogP contribution in [0.15, 0.2) is 40.9 Å². The van der Waals surface area contributed by atoms with Crippen LogP contribution in [0.3, 0.4) is 0 Å². The average Bonchev–Trinajstić information content (AvgIpc) is 2.39. The third-order valence-electron chi connectivity index (χ3n) is 3.23. The highest BCUT2D eigenvalue weighted by atomic mass is 79.9. The first-order valence-electron chi connectivity index (χ1n) is 6.83. The Morgan fingerprint density at radius 2 is 1.75 bits per heavy atom. The second-order valence-corrected chi connectivity index (χ2v) is 5.72. The maximum Gasteiger partial charge on any atom is 0.124 e. The van der Waals surface area contributed by atoms with Crippen LogP contribution in [0.25, 0.3) is 0 Å². The van der Waals surface area contributed by atoms with Gasteiger partial charge in [0.2, 0.25) is 0 Å². The molecule has 1 N–H and O–H groups in total. The van der Waals surface area contributed by atoms with Crippen LogP contribution in [0.5, 0.6) is 5.75 Å². The molecule has 0 saturated carbocycles. The van der Waals surface area contributed by atoms with Crippen molar-refractivity contribution in [3.8, 4) is 5.75 Å². The third kappa shape index (κ3) is 3.54. The van der Waals surface area contributed by atoms with Gasteiger partial charge in [-0.05, 0) is 50.1 Å². The van der Waals surface area contributed by atoms with E-state index in [1.807, 2.05) is 25.1 Å². The van der Waals surface area contributed by atoms with Gasteiger partial charge in [0.1, 0.15) is 5.75 Å². The highest BCUT2D eigenvalue weighted by Crippen LogP contribution is 2.26. The molecule has 20 heavy (non-hydrogen) atoms. The van der Waals surface area contributed by atoms with E-state index in [4.69, 9.17) is 4.74 Å². The summed E-state index contributed by atoms with van der Waals surface area (Å²) in [5.41, 5.74) is 4.85. The van der Waals surface area contributed by atoms with Crippen molar-refractivity contribution < 1.29 is 4.74 Å². The van der Waals surface area contributed by atoms with E-state index >= 15 is 0 Å². The van der Waals surface area contributed by atoms with Crippen LogP contribution in [0.2, 0.25) is 0 Å².